The van der Waals surface area contributed by atoms with Gasteiger partial charge in [0.15, 0.2) is 4.77 Å². The third-order valence-corrected chi connectivity index (χ3v) is 3.24. The molecule has 0 saturated carbocycles. The van der Waals surface area contributed by atoms with Gasteiger partial charge in [0.1, 0.15) is 5.75 Å². The second kappa shape index (κ2) is 5.44. The molecule has 0 fully saturated rings. The van der Waals surface area contributed by atoms with Crippen molar-refractivity contribution in [3.05, 3.63) is 29.0 Å². The minimum absolute atomic E-state index is 0.235. The third kappa shape index (κ3) is 2.49. The highest BCUT2D eigenvalue weighted by atomic mass is 32.1. The van der Waals surface area contributed by atoms with Gasteiger partial charge in [0, 0.05) is 13.1 Å². The van der Waals surface area contributed by atoms with E-state index in [2.05, 4.69) is 24.0 Å². The van der Waals surface area contributed by atoms with E-state index in [1.165, 1.54) is 0 Å². The Labute approximate surface area is 117 Å². The summed E-state index contributed by atoms with van der Waals surface area (Å²) in [7, 11) is 3.61. The number of aromatic nitrogens is 3. The molecule has 102 valence electrons. The third-order valence-electron chi connectivity index (χ3n) is 2.95. The fourth-order valence-electron chi connectivity index (χ4n) is 2.01. The van der Waals surface area contributed by atoms with Crippen LogP contribution in [0.2, 0.25) is 0 Å². The van der Waals surface area contributed by atoms with Gasteiger partial charge in [-0.3, -0.25) is 4.57 Å². The molecule has 1 N–H and O–H groups in total. The Morgan fingerprint density at radius 2 is 2.05 bits per heavy atom. The van der Waals surface area contributed by atoms with Crippen molar-refractivity contribution in [3.63, 3.8) is 0 Å². The lowest BCUT2D eigenvalue weighted by atomic mass is 10.3. The first-order valence-corrected chi connectivity index (χ1v) is 6.50. The first-order valence-electron chi connectivity index (χ1n) is 6.10. The Bertz CT molecular complexity index is 617. The number of ether oxygens (including phenoxy) is 1. The van der Waals surface area contributed by atoms with Crippen LogP contribution in [0, 0.1) is 4.77 Å². The molecule has 19 heavy (non-hydrogen) atoms. The van der Waals surface area contributed by atoms with Crippen LogP contribution in [0.4, 0.5) is 11.6 Å². The molecule has 5 nitrogen and oxygen atoms in total. The van der Waals surface area contributed by atoms with Crippen LogP contribution in [0.1, 0.15) is 19.9 Å². The van der Waals surface area contributed by atoms with Gasteiger partial charge in [-0.25, -0.2) is 5.10 Å². The van der Waals surface area contributed by atoms with Crippen molar-refractivity contribution >= 4 is 23.9 Å². The summed E-state index contributed by atoms with van der Waals surface area (Å²) in [6.07, 6.45) is 0. The van der Waals surface area contributed by atoms with E-state index in [1.54, 1.807) is 7.11 Å². The SMILES string of the molecule is COc1ccccc1N(C)c1n[nH]c(=S)n1C(C)C. The van der Waals surface area contributed by atoms with Crippen LogP contribution in [0.5, 0.6) is 5.75 Å². The predicted octanol–water partition coefficient (Wildman–Crippen LogP) is 3.30. The van der Waals surface area contributed by atoms with E-state index in [0.717, 1.165) is 17.4 Å². The van der Waals surface area contributed by atoms with E-state index in [-0.39, 0.29) is 6.04 Å². The maximum Gasteiger partial charge on any atom is 0.230 e. The normalized spacial score (nSPS) is 10.8. The smallest absolute Gasteiger partial charge is 0.230 e. The molecule has 0 aliphatic rings. The van der Waals surface area contributed by atoms with Crippen molar-refractivity contribution in [2.45, 2.75) is 19.9 Å². The van der Waals surface area contributed by atoms with Gasteiger partial charge in [-0.1, -0.05) is 12.1 Å². The van der Waals surface area contributed by atoms with Crippen LogP contribution in [0.3, 0.4) is 0 Å². The summed E-state index contributed by atoms with van der Waals surface area (Å²) in [5.41, 5.74) is 0.945. The number of H-pyrrole nitrogens is 1. The van der Waals surface area contributed by atoms with Crippen molar-refractivity contribution in [1.29, 1.82) is 0 Å². The van der Waals surface area contributed by atoms with Crippen molar-refractivity contribution in [3.8, 4) is 5.75 Å². The van der Waals surface area contributed by atoms with Crippen LogP contribution >= 0.6 is 12.2 Å². The quantitative estimate of drug-likeness (QED) is 0.872. The standard InChI is InChI=1S/C13H18N4OS/c1-9(2)17-12(14-15-13(17)19)16(3)10-7-5-6-8-11(10)18-4/h5-9H,1-4H3,(H,15,19). The average molecular weight is 278 g/mol. The van der Waals surface area contributed by atoms with Crippen LogP contribution in [0.25, 0.3) is 0 Å². The van der Waals surface area contributed by atoms with E-state index >= 15 is 0 Å². The maximum atomic E-state index is 5.38. The van der Waals surface area contributed by atoms with Crippen LogP contribution < -0.4 is 9.64 Å². The fraction of sp³-hybridized carbons (Fsp3) is 0.385. The zero-order chi connectivity index (χ0) is 14.0. The maximum absolute atomic E-state index is 5.38. The molecule has 0 spiro atoms. The zero-order valence-electron chi connectivity index (χ0n) is 11.5. The number of aromatic amines is 1. The molecule has 2 aromatic rings. The van der Waals surface area contributed by atoms with Gasteiger partial charge >= 0.3 is 0 Å². The van der Waals surface area contributed by atoms with Crippen LogP contribution in [-0.4, -0.2) is 28.9 Å². The summed E-state index contributed by atoms with van der Waals surface area (Å²) in [6, 6.07) is 8.05. The number of rotatable bonds is 4. The van der Waals surface area contributed by atoms with Crippen molar-refractivity contribution in [1.82, 2.24) is 14.8 Å². The lowest BCUT2D eigenvalue weighted by Gasteiger charge is -2.22. The van der Waals surface area contributed by atoms with E-state index < -0.39 is 0 Å². The molecule has 0 amide bonds. The molecule has 0 bridgehead atoms. The minimum Gasteiger partial charge on any atom is -0.495 e. The monoisotopic (exact) mass is 278 g/mol. The second-order valence-electron chi connectivity index (χ2n) is 4.52. The number of benzene rings is 1. The highest BCUT2D eigenvalue weighted by molar-refractivity contribution is 7.71. The number of methoxy groups -OCH3 is 1. The Kier molecular flexibility index (Phi) is 3.90. The van der Waals surface area contributed by atoms with Gasteiger partial charge in [-0.15, -0.1) is 5.10 Å². The Morgan fingerprint density at radius 3 is 2.68 bits per heavy atom. The van der Waals surface area contributed by atoms with Crippen LogP contribution in [-0.2, 0) is 0 Å². The zero-order valence-corrected chi connectivity index (χ0v) is 12.4. The number of para-hydroxylation sites is 2. The van der Waals surface area contributed by atoms with Crippen LogP contribution in [0.15, 0.2) is 24.3 Å². The molecular weight excluding hydrogens is 260 g/mol. The van der Waals surface area contributed by atoms with E-state index in [9.17, 15) is 0 Å². The first-order chi connectivity index (χ1) is 9.06. The number of hydrogen-bond donors (Lipinski definition) is 1. The minimum atomic E-state index is 0.235. The van der Waals surface area contributed by atoms with Gasteiger partial charge in [0.05, 0.1) is 12.8 Å². The lowest BCUT2D eigenvalue weighted by Crippen LogP contribution is -2.17. The molecule has 0 aliphatic heterocycles. The molecule has 2 rings (SSSR count). The highest BCUT2D eigenvalue weighted by Gasteiger charge is 2.17. The molecule has 0 atom stereocenters. The van der Waals surface area contributed by atoms with Crippen molar-refractivity contribution in [2.24, 2.45) is 0 Å². The summed E-state index contributed by atoms with van der Waals surface area (Å²) in [4.78, 5) is 1.96. The molecule has 1 heterocycles. The highest BCUT2D eigenvalue weighted by Crippen LogP contribution is 2.32. The summed E-state index contributed by atoms with van der Waals surface area (Å²) >= 11 is 5.27. The Balaban J connectivity index is 2.50. The lowest BCUT2D eigenvalue weighted by molar-refractivity contribution is 0.415. The molecule has 1 aromatic carbocycles. The molecule has 6 heteroatoms. The predicted molar refractivity (Wildman–Crippen MR) is 78.9 cm³/mol. The summed E-state index contributed by atoms with van der Waals surface area (Å²) in [5.74, 6) is 1.57. The Hall–Kier alpha value is -1.82. The van der Waals surface area contributed by atoms with Gasteiger partial charge in [-0.05, 0) is 38.2 Å². The topological polar surface area (TPSA) is 46.1 Å². The van der Waals surface area contributed by atoms with Gasteiger partial charge < -0.3 is 9.64 Å². The van der Waals surface area contributed by atoms with E-state index in [1.807, 2.05) is 40.8 Å². The van der Waals surface area contributed by atoms with E-state index in [4.69, 9.17) is 17.0 Å². The van der Waals surface area contributed by atoms with Gasteiger partial charge in [0.25, 0.3) is 0 Å². The fourth-order valence-corrected chi connectivity index (χ4v) is 2.35. The largest absolute Gasteiger partial charge is 0.495 e. The summed E-state index contributed by atoms with van der Waals surface area (Å²) in [6.45, 7) is 4.15. The molecule has 0 unspecified atom stereocenters. The summed E-state index contributed by atoms with van der Waals surface area (Å²) < 4.78 is 7.97. The second-order valence-corrected chi connectivity index (χ2v) is 4.91. The number of anilines is 2. The molecule has 1 aromatic heterocycles. The van der Waals surface area contributed by atoms with Gasteiger partial charge in [0.2, 0.25) is 5.95 Å². The van der Waals surface area contributed by atoms with E-state index in [0.29, 0.717) is 4.77 Å². The molecular formula is C13H18N4OS. The average Bonchev–Trinajstić information content (AvgIpc) is 2.79. The molecule has 0 saturated heterocycles. The Morgan fingerprint density at radius 1 is 1.37 bits per heavy atom. The number of nitrogens with zero attached hydrogens (tertiary/aromatic N) is 3. The van der Waals surface area contributed by atoms with Crippen molar-refractivity contribution in [2.75, 3.05) is 19.1 Å². The molecule has 0 radical (unpaired) electrons. The summed E-state index contributed by atoms with van der Waals surface area (Å²) in [5, 5.41) is 7.14. The van der Waals surface area contributed by atoms with Gasteiger partial charge in [-0.2, -0.15) is 0 Å². The number of nitrogens with one attached hydrogen (secondary N) is 1. The molecule has 0 aliphatic carbocycles. The number of hydrogen-bond acceptors (Lipinski definition) is 4. The first kappa shape index (κ1) is 13.6. The van der Waals surface area contributed by atoms with Crippen molar-refractivity contribution < 1.29 is 4.74 Å².